The number of anilines is 1. The smallest absolute Gasteiger partial charge is 0.273 e. The molecule has 188 valence electrons. The molecule has 37 heavy (non-hydrogen) atoms. The molecular formula is C29H29FN6O. The minimum Gasteiger partial charge on any atom is -0.368 e. The van der Waals surface area contributed by atoms with E-state index in [1.165, 1.54) is 6.07 Å². The summed E-state index contributed by atoms with van der Waals surface area (Å²) in [5.41, 5.74) is 11.9. The molecule has 1 aromatic heterocycles. The predicted octanol–water partition coefficient (Wildman–Crippen LogP) is 3.92. The van der Waals surface area contributed by atoms with E-state index in [9.17, 15) is 9.18 Å². The summed E-state index contributed by atoms with van der Waals surface area (Å²) in [6.45, 7) is 5.59. The lowest BCUT2D eigenvalue weighted by molar-refractivity contribution is 0.0747. The minimum absolute atomic E-state index is 0.0675. The molecule has 0 unspecified atom stereocenters. The van der Waals surface area contributed by atoms with Crippen LogP contribution in [0.15, 0.2) is 60.7 Å². The lowest BCUT2D eigenvalue weighted by atomic mass is 9.97. The topological polar surface area (TPSA) is 78.6 Å². The summed E-state index contributed by atoms with van der Waals surface area (Å²) >= 11 is 0. The molecule has 0 spiro atoms. The third-order valence-electron chi connectivity index (χ3n) is 7.41. The number of nitrogens with two attached hydrogens (primary N) is 1. The van der Waals surface area contributed by atoms with Gasteiger partial charge in [0, 0.05) is 51.2 Å². The van der Waals surface area contributed by atoms with E-state index in [1.807, 2.05) is 48.5 Å². The number of fused-ring (bicyclic) bond motifs is 2. The molecule has 0 saturated carbocycles. The first-order chi connectivity index (χ1) is 17.9. The molecule has 1 fully saturated rings. The first kappa shape index (κ1) is 23.5. The van der Waals surface area contributed by atoms with Crippen molar-refractivity contribution in [2.75, 3.05) is 39.0 Å². The van der Waals surface area contributed by atoms with Crippen molar-refractivity contribution in [3.05, 3.63) is 88.9 Å². The van der Waals surface area contributed by atoms with Crippen LogP contribution in [-0.2, 0) is 19.6 Å². The number of hydrogen-bond donors (Lipinski definition) is 1. The number of amides is 1. The third kappa shape index (κ3) is 4.65. The summed E-state index contributed by atoms with van der Waals surface area (Å²) in [5, 5.41) is 0.641. The Kier molecular flexibility index (Phi) is 6.06. The molecule has 7 nitrogen and oxygen atoms in total. The van der Waals surface area contributed by atoms with Crippen LogP contribution in [0.4, 0.5) is 10.3 Å². The molecule has 2 aliphatic rings. The Bertz CT molecular complexity index is 1470. The molecule has 3 heterocycles. The van der Waals surface area contributed by atoms with Crippen LogP contribution in [0.2, 0.25) is 0 Å². The number of piperazine rings is 1. The van der Waals surface area contributed by atoms with E-state index in [1.54, 1.807) is 11.0 Å². The molecule has 2 aliphatic heterocycles. The first-order valence-corrected chi connectivity index (χ1v) is 12.6. The zero-order valence-corrected chi connectivity index (χ0v) is 20.8. The van der Waals surface area contributed by atoms with Gasteiger partial charge < -0.3 is 15.5 Å². The summed E-state index contributed by atoms with van der Waals surface area (Å²) in [4.78, 5) is 28.9. The van der Waals surface area contributed by atoms with Gasteiger partial charge in [-0.1, -0.05) is 36.4 Å². The average Bonchev–Trinajstić information content (AvgIpc) is 3.33. The van der Waals surface area contributed by atoms with Gasteiger partial charge in [0.1, 0.15) is 11.5 Å². The zero-order valence-electron chi connectivity index (χ0n) is 20.8. The third-order valence-corrected chi connectivity index (χ3v) is 7.41. The molecule has 4 aromatic rings. The molecule has 6 rings (SSSR count). The highest BCUT2D eigenvalue weighted by Gasteiger charge is 2.27. The maximum Gasteiger partial charge on any atom is 0.273 e. The highest BCUT2D eigenvalue weighted by molar-refractivity contribution is 6.06. The van der Waals surface area contributed by atoms with Crippen LogP contribution in [0, 0.1) is 5.82 Å². The Balaban J connectivity index is 1.37. The molecule has 0 atom stereocenters. The van der Waals surface area contributed by atoms with Gasteiger partial charge in [0.2, 0.25) is 5.95 Å². The number of benzene rings is 3. The number of aromatic nitrogens is 2. The highest BCUT2D eigenvalue weighted by Crippen LogP contribution is 2.31. The summed E-state index contributed by atoms with van der Waals surface area (Å²) in [6.07, 6.45) is 0. The van der Waals surface area contributed by atoms with E-state index in [4.69, 9.17) is 5.73 Å². The number of rotatable bonds is 4. The van der Waals surface area contributed by atoms with Gasteiger partial charge in [-0.15, -0.1) is 0 Å². The Labute approximate surface area is 215 Å². The first-order valence-electron chi connectivity index (χ1n) is 12.6. The second-order valence-corrected chi connectivity index (χ2v) is 9.97. The van der Waals surface area contributed by atoms with Crippen molar-refractivity contribution in [3.63, 3.8) is 0 Å². The Hall–Kier alpha value is -3.88. The highest BCUT2D eigenvalue weighted by atomic mass is 19.1. The van der Waals surface area contributed by atoms with Gasteiger partial charge in [0.15, 0.2) is 0 Å². The second kappa shape index (κ2) is 9.53. The molecule has 1 amide bonds. The molecule has 1 saturated heterocycles. The van der Waals surface area contributed by atoms with Crippen molar-refractivity contribution in [3.8, 4) is 11.1 Å². The Morgan fingerprint density at radius 2 is 1.68 bits per heavy atom. The normalized spacial score (nSPS) is 16.3. The molecule has 0 bridgehead atoms. The Morgan fingerprint density at radius 3 is 2.41 bits per heavy atom. The summed E-state index contributed by atoms with van der Waals surface area (Å²) < 4.78 is 14.3. The van der Waals surface area contributed by atoms with Crippen molar-refractivity contribution in [2.24, 2.45) is 0 Å². The fraction of sp³-hybridized carbons (Fsp3) is 0.276. The average molecular weight is 497 g/mol. The fourth-order valence-corrected chi connectivity index (χ4v) is 5.33. The van der Waals surface area contributed by atoms with Crippen LogP contribution in [0.5, 0.6) is 0 Å². The maximum atomic E-state index is 14.3. The lowest BCUT2D eigenvalue weighted by Gasteiger charge is -2.32. The van der Waals surface area contributed by atoms with Gasteiger partial charge in [0.05, 0.1) is 5.52 Å². The Morgan fingerprint density at radius 1 is 0.946 bits per heavy atom. The number of halogens is 1. The molecule has 3 aromatic carbocycles. The van der Waals surface area contributed by atoms with Crippen LogP contribution in [-0.4, -0.2) is 63.8 Å². The SMILES string of the molecule is CN1CCN(Cc2cc(F)ccc2-c2ccc3nc(N)nc(C(=O)N4Cc5ccccc5C4)c3c2)CC1. The summed E-state index contributed by atoms with van der Waals surface area (Å²) in [7, 11) is 2.12. The van der Waals surface area contributed by atoms with E-state index in [-0.39, 0.29) is 17.7 Å². The van der Waals surface area contributed by atoms with E-state index >= 15 is 0 Å². The monoisotopic (exact) mass is 496 g/mol. The number of nitrogen functional groups attached to an aromatic ring is 1. The van der Waals surface area contributed by atoms with E-state index < -0.39 is 0 Å². The van der Waals surface area contributed by atoms with Crippen molar-refractivity contribution in [1.29, 1.82) is 0 Å². The number of likely N-dealkylation sites (N-methyl/N-ethyl adjacent to an activating group) is 1. The zero-order chi connectivity index (χ0) is 25.5. The number of carbonyl (C=O) groups is 1. The molecular weight excluding hydrogens is 467 g/mol. The van der Waals surface area contributed by atoms with Gasteiger partial charge in [-0.2, -0.15) is 0 Å². The number of hydrogen-bond acceptors (Lipinski definition) is 6. The number of nitrogens with zero attached hydrogens (tertiary/aromatic N) is 5. The fourth-order valence-electron chi connectivity index (χ4n) is 5.33. The van der Waals surface area contributed by atoms with Crippen LogP contribution in [0.1, 0.15) is 27.2 Å². The quantitative estimate of drug-likeness (QED) is 0.462. The van der Waals surface area contributed by atoms with E-state index in [2.05, 4.69) is 26.8 Å². The molecule has 0 aliphatic carbocycles. The van der Waals surface area contributed by atoms with Crippen LogP contribution in [0.25, 0.3) is 22.0 Å². The summed E-state index contributed by atoms with van der Waals surface area (Å²) in [6, 6.07) is 18.7. The van der Waals surface area contributed by atoms with Crippen molar-refractivity contribution < 1.29 is 9.18 Å². The van der Waals surface area contributed by atoms with Crippen molar-refractivity contribution in [1.82, 2.24) is 24.7 Å². The molecule has 8 heteroatoms. The van der Waals surface area contributed by atoms with Crippen LogP contribution in [0.3, 0.4) is 0 Å². The largest absolute Gasteiger partial charge is 0.368 e. The predicted molar refractivity (Wildman–Crippen MR) is 142 cm³/mol. The second-order valence-electron chi connectivity index (χ2n) is 9.97. The van der Waals surface area contributed by atoms with Gasteiger partial charge in [-0.05, 0) is 59.1 Å². The van der Waals surface area contributed by atoms with Gasteiger partial charge >= 0.3 is 0 Å². The lowest BCUT2D eigenvalue weighted by Crippen LogP contribution is -2.43. The van der Waals surface area contributed by atoms with Gasteiger partial charge in [-0.3, -0.25) is 9.69 Å². The maximum absolute atomic E-state index is 14.3. The van der Waals surface area contributed by atoms with Crippen LogP contribution >= 0.6 is 0 Å². The van der Waals surface area contributed by atoms with E-state index in [0.717, 1.165) is 54.0 Å². The van der Waals surface area contributed by atoms with Gasteiger partial charge in [0.25, 0.3) is 5.91 Å². The van der Waals surface area contributed by atoms with Crippen molar-refractivity contribution >= 4 is 22.8 Å². The molecule has 0 radical (unpaired) electrons. The van der Waals surface area contributed by atoms with Crippen LogP contribution < -0.4 is 5.73 Å². The standard InChI is InChI=1S/C29H29FN6O/c1-34-10-12-35(13-11-34)16-22-14-23(30)7-8-24(22)19-6-9-26-25(15-19)27(33-29(31)32-26)28(37)36-17-20-4-2-3-5-21(20)18-36/h2-9,14-15H,10-13,16-18H2,1H3,(H2,31,32,33). The van der Waals surface area contributed by atoms with E-state index in [0.29, 0.717) is 36.2 Å². The van der Waals surface area contributed by atoms with Gasteiger partial charge in [-0.25, -0.2) is 14.4 Å². The molecule has 2 N–H and O–H groups in total. The van der Waals surface area contributed by atoms with Crippen molar-refractivity contribution in [2.45, 2.75) is 19.6 Å². The summed E-state index contributed by atoms with van der Waals surface area (Å²) in [5.74, 6) is -0.365. The minimum atomic E-state index is -0.255. The number of carbonyl (C=O) groups excluding carboxylic acids is 1.